The van der Waals surface area contributed by atoms with Crippen molar-refractivity contribution < 1.29 is 27.8 Å². The zero-order chi connectivity index (χ0) is 16.3. The van der Waals surface area contributed by atoms with Gasteiger partial charge in [-0.25, -0.2) is 4.79 Å². The molecule has 22 heavy (non-hydrogen) atoms. The molecule has 114 valence electrons. The Morgan fingerprint density at radius 3 is 2.64 bits per heavy atom. The second kappa shape index (κ2) is 5.95. The van der Waals surface area contributed by atoms with E-state index in [0.29, 0.717) is 0 Å². The topological polar surface area (TPSA) is 46.5 Å². The number of carboxylic acids is 1. The molecule has 1 N–H and O–H groups in total. The molecule has 1 aliphatic rings. The Morgan fingerprint density at radius 2 is 2.05 bits per heavy atom. The minimum atomic E-state index is -4.54. The van der Waals surface area contributed by atoms with Gasteiger partial charge in [0.15, 0.2) is 0 Å². The number of allylic oxidation sites excluding steroid dienone is 3. The number of hydrogen-bond acceptors (Lipinski definition) is 2. The van der Waals surface area contributed by atoms with Gasteiger partial charge in [0.2, 0.25) is 0 Å². The number of halogens is 3. The summed E-state index contributed by atoms with van der Waals surface area (Å²) >= 11 is 0. The van der Waals surface area contributed by atoms with Crippen LogP contribution in [0.3, 0.4) is 0 Å². The number of alkyl halides is 3. The maximum atomic E-state index is 12.9. The zero-order valence-corrected chi connectivity index (χ0v) is 11.4. The molecule has 6 heteroatoms. The Morgan fingerprint density at radius 1 is 1.32 bits per heavy atom. The highest BCUT2D eigenvalue weighted by molar-refractivity contribution is 6.02. The SMILES string of the molecule is COc1ccc(C(F)(F)F)cc1C1=C(C(=O)O)C=CC=C=C1. The molecule has 0 aliphatic heterocycles. The van der Waals surface area contributed by atoms with E-state index in [1.807, 2.05) is 0 Å². The number of aliphatic carboxylic acids is 1. The average molecular weight is 308 g/mol. The number of methoxy groups -OCH3 is 1. The first kappa shape index (κ1) is 15.7. The third kappa shape index (κ3) is 3.13. The van der Waals surface area contributed by atoms with Crippen LogP contribution < -0.4 is 4.74 Å². The summed E-state index contributed by atoms with van der Waals surface area (Å²) < 4.78 is 43.7. The molecule has 0 bridgehead atoms. The Kier molecular flexibility index (Phi) is 4.24. The van der Waals surface area contributed by atoms with Crippen molar-refractivity contribution >= 4 is 11.5 Å². The van der Waals surface area contributed by atoms with E-state index in [2.05, 4.69) is 5.73 Å². The van der Waals surface area contributed by atoms with Crippen LogP contribution in [-0.4, -0.2) is 18.2 Å². The molecule has 0 saturated carbocycles. The van der Waals surface area contributed by atoms with Crippen LogP contribution in [-0.2, 0) is 11.0 Å². The fourth-order valence-electron chi connectivity index (χ4n) is 2.00. The van der Waals surface area contributed by atoms with Crippen LogP contribution in [0.25, 0.3) is 5.57 Å². The molecule has 1 aromatic carbocycles. The third-order valence-corrected chi connectivity index (χ3v) is 3.02. The van der Waals surface area contributed by atoms with Crippen molar-refractivity contribution in [1.82, 2.24) is 0 Å². The Labute approximate surface area is 124 Å². The van der Waals surface area contributed by atoms with E-state index in [4.69, 9.17) is 4.74 Å². The summed E-state index contributed by atoms with van der Waals surface area (Å²) in [7, 11) is 1.30. The lowest BCUT2D eigenvalue weighted by molar-refractivity contribution is -0.137. The zero-order valence-electron chi connectivity index (χ0n) is 11.4. The van der Waals surface area contributed by atoms with Gasteiger partial charge in [0, 0.05) is 11.1 Å². The van der Waals surface area contributed by atoms with Crippen molar-refractivity contribution in [2.24, 2.45) is 0 Å². The van der Waals surface area contributed by atoms with Crippen LogP contribution in [0.4, 0.5) is 13.2 Å². The molecule has 0 radical (unpaired) electrons. The summed E-state index contributed by atoms with van der Waals surface area (Å²) in [5.74, 6) is -1.10. The fourth-order valence-corrected chi connectivity index (χ4v) is 2.00. The Hall–Kier alpha value is -2.72. The molecule has 0 spiro atoms. The van der Waals surface area contributed by atoms with E-state index in [9.17, 15) is 23.1 Å². The van der Waals surface area contributed by atoms with Gasteiger partial charge in [-0.15, -0.1) is 5.73 Å². The molecule has 3 nitrogen and oxygen atoms in total. The summed E-state index contributed by atoms with van der Waals surface area (Å²) in [6.45, 7) is 0. The highest BCUT2D eigenvalue weighted by Gasteiger charge is 2.31. The van der Waals surface area contributed by atoms with Gasteiger partial charge in [-0.3, -0.25) is 0 Å². The number of carboxylic acid groups (broad SMARTS) is 1. The number of carbonyl (C=O) groups is 1. The van der Waals surface area contributed by atoms with Gasteiger partial charge in [-0.2, -0.15) is 13.2 Å². The number of rotatable bonds is 3. The van der Waals surface area contributed by atoms with Gasteiger partial charge in [0.1, 0.15) is 5.75 Å². The number of ether oxygens (including phenoxy) is 1. The quantitative estimate of drug-likeness (QED) is 0.863. The smallest absolute Gasteiger partial charge is 0.416 e. The fraction of sp³-hybridized carbons (Fsp3) is 0.125. The monoisotopic (exact) mass is 308 g/mol. The van der Waals surface area contributed by atoms with E-state index in [1.165, 1.54) is 31.4 Å². The lowest BCUT2D eigenvalue weighted by Gasteiger charge is -2.14. The first-order valence-corrected chi connectivity index (χ1v) is 6.17. The molecule has 1 aliphatic carbocycles. The van der Waals surface area contributed by atoms with Crippen molar-refractivity contribution in [2.75, 3.05) is 7.11 Å². The standard InChI is InChI=1S/C16H11F3O3/c1-22-14-8-7-10(16(17,18)19)9-13(14)11-5-3-2-4-6-12(11)15(20)21/h2,4-9H,1H3,(H,20,21). The molecular weight excluding hydrogens is 297 g/mol. The summed E-state index contributed by atoms with van der Waals surface area (Å²) in [5, 5.41) is 9.25. The minimum Gasteiger partial charge on any atom is -0.496 e. The Balaban J connectivity index is 2.75. The summed E-state index contributed by atoms with van der Waals surface area (Å²) in [6.07, 6.45) is 1.00. The maximum Gasteiger partial charge on any atom is 0.416 e. The molecule has 0 atom stereocenters. The molecule has 0 amide bonds. The van der Waals surface area contributed by atoms with Crippen molar-refractivity contribution in [2.45, 2.75) is 6.18 Å². The van der Waals surface area contributed by atoms with Crippen LogP contribution >= 0.6 is 0 Å². The lowest BCUT2D eigenvalue weighted by Crippen LogP contribution is -2.07. The number of benzene rings is 1. The van der Waals surface area contributed by atoms with Crippen molar-refractivity contribution in [3.05, 3.63) is 64.9 Å². The normalized spacial score (nSPS) is 14.2. The molecule has 0 unspecified atom stereocenters. The second-order valence-electron chi connectivity index (χ2n) is 4.38. The molecule has 0 heterocycles. The van der Waals surface area contributed by atoms with Gasteiger partial charge < -0.3 is 9.84 Å². The van der Waals surface area contributed by atoms with Gasteiger partial charge in [0.25, 0.3) is 0 Å². The van der Waals surface area contributed by atoms with Crippen LogP contribution in [0.1, 0.15) is 11.1 Å². The largest absolute Gasteiger partial charge is 0.496 e. The second-order valence-corrected chi connectivity index (χ2v) is 4.38. The minimum absolute atomic E-state index is 0.0437. The molecule has 2 rings (SSSR count). The van der Waals surface area contributed by atoms with E-state index >= 15 is 0 Å². The van der Waals surface area contributed by atoms with Crippen molar-refractivity contribution in [3.8, 4) is 5.75 Å². The predicted molar refractivity (Wildman–Crippen MR) is 74.3 cm³/mol. The maximum absolute atomic E-state index is 12.9. The molecule has 0 saturated heterocycles. The van der Waals surface area contributed by atoms with Crippen molar-refractivity contribution in [1.29, 1.82) is 0 Å². The molecule has 0 aromatic heterocycles. The van der Waals surface area contributed by atoms with Gasteiger partial charge in [0.05, 0.1) is 18.2 Å². The van der Waals surface area contributed by atoms with Crippen LogP contribution in [0.5, 0.6) is 5.75 Å². The average Bonchev–Trinajstić information content (AvgIpc) is 2.71. The summed E-state index contributed by atoms with van der Waals surface area (Å²) in [6, 6.07) is 2.92. The van der Waals surface area contributed by atoms with Crippen LogP contribution in [0.15, 0.2) is 53.8 Å². The Bertz CT molecular complexity index is 733. The van der Waals surface area contributed by atoms with E-state index in [-0.39, 0.29) is 22.5 Å². The first-order chi connectivity index (χ1) is 10.3. The van der Waals surface area contributed by atoms with Gasteiger partial charge >= 0.3 is 12.1 Å². The third-order valence-electron chi connectivity index (χ3n) is 3.02. The van der Waals surface area contributed by atoms with Crippen molar-refractivity contribution in [3.63, 3.8) is 0 Å². The van der Waals surface area contributed by atoms with Crippen LogP contribution in [0.2, 0.25) is 0 Å². The highest BCUT2D eigenvalue weighted by atomic mass is 19.4. The lowest BCUT2D eigenvalue weighted by atomic mass is 9.96. The number of hydrogen-bond donors (Lipinski definition) is 1. The predicted octanol–water partition coefficient (Wildman–Crippen LogP) is 3.83. The van der Waals surface area contributed by atoms with E-state index in [0.717, 1.165) is 18.2 Å². The van der Waals surface area contributed by atoms with E-state index in [1.54, 1.807) is 0 Å². The van der Waals surface area contributed by atoms with E-state index < -0.39 is 17.7 Å². The molecular formula is C16H11F3O3. The highest BCUT2D eigenvalue weighted by Crippen LogP contribution is 2.37. The first-order valence-electron chi connectivity index (χ1n) is 6.17. The molecule has 1 aromatic rings. The van der Waals surface area contributed by atoms with Crippen LogP contribution in [0, 0.1) is 0 Å². The molecule has 0 fully saturated rings. The van der Waals surface area contributed by atoms with Gasteiger partial charge in [-0.1, -0.05) is 6.08 Å². The van der Waals surface area contributed by atoms with Gasteiger partial charge in [-0.05, 0) is 36.4 Å². The summed E-state index contributed by atoms with van der Waals surface area (Å²) in [4.78, 5) is 11.3. The summed E-state index contributed by atoms with van der Waals surface area (Å²) in [5.41, 5.74) is 1.81.